The van der Waals surface area contributed by atoms with Gasteiger partial charge in [0.25, 0.3) is 0 Å². The molecular weight excluding hydrogens is 150 g/mol. The molecular formula is C8H8F2O. The molecule has 0 fully saturated rings. The van der Waals surface area contributed by atoms with Crippen LogP contribution in [0.1, 0.15) is 6.42 Å². The number of rotatable bonds is 1. The van der Waals surface area contributed by atoms with Crippen molar-refractivity contribution in [2.45, 2.75) is 6.42 Å². The largest absolute Gasteiger partial charge is 0.391 e. The highest BCUT2D eigenvalue weighted by molar-refractivity contribution is 5.34. The van der Waals surface area contributed by atoms with Crippen molar-refractivity contribution in [1.82, 2.24) is 0 Å². The molecule has 1 rings (SSSR count). The average Bonchev–Trinajstić information content (AvgIpc) is 2.12. The number of hydrogen-bond donors (Lipinski definition) is 1. The van der Waals surface area contributed by atoms with E-state index in [1.54, 1.807) is 0 Å². The predicted octanol–water partition coefficient (Wildman–Crippen LogP) is 2.02. The minimum absolute atomic E-state index is 0.0554. The first kappa shape index (κ1) is 8.14. The molecule has 1 aliphatic rings. The molecule has 0 bridgehead atoms. The summed E-state index contributed by atoms with van der Waals surface area (Å²) in [4.78, 5) is 0. The van der Waals surface area contributed by atoms with Gasteiger partial charge in [0, 0.05) is 12.0 Å². The standard InChI is InChI=1S/C8H8F2O/c9-7-3-1-2-4-8(10)6(7)5-11/h1-3,11H,4-5H2. The number of halogens is 2. The molecule has 11 heavy (non-hydrogen) atoms. The zero-order chi connectivity index (χ0) is 8.27. The van der Waals surface area contributed by atoms with E-state index in [1.807, 2.05) is 0 Å². The van der Waals surface area contributed by atoms with Crippen LogP contribution in [0.5, 0.6) is 0 Å². The predicted molar refractivity (Wildman–Crippen MR) is 38.2 cm³/mol. The van der Waals surface area contributed by atoms with Gasteiger partial charge in [-0.3, -0.25) is 0 Å². The van der Waals surface area contributed by atoms with Crippen molar-refractivity contribution in [2.75, 3.05) is 6.61 Å². The Morgan fingerprint density at radius 2 is 2.18 bits per heavy atom. The van der Waals surface area contributed by atoms with Crippen molar-refractivity contribution in [2.24, 2.45) is 0 Å². The van der Waals surface area contributed by atoms with E-state index in [0.29, 0.717) is 0 Å². The molecule has 0 aromatic rings. The number of allylic oxidation sites excluding steroid dienone is 4. The van der Waals surface area contributed by atoms with Crippen LogP contribution < -0.4 is 0 Å². The fourth-order valence-electron chi connectivity index (χ4n) is 0.839. The molecule has 0 amide bonds. The lowest BCUT2D eigenvalue weighted by atomic mass is 10.2. The average molecular weight is 158 g/mol. The third-order valence-corrected chi connectivity index (χ3v) is 1.45. The van der Waals surface area contributed by atoms with Crippen molar-refractivity contribution < 1.29 is 13.9 Å². The molecule has 0 atom stereocenters. The highest BCUT2D eigenvalue weighted by Crippen LogP contribution is 2.22. The first-order chi connectivity index (χ1) is 5.25. The molecule has 0 unspecified atom stereocenters. The smallest absolute Gasteiger partial charge is 0.131 e. The fourth-order valence-corrected chi connectivity index (χ4v) is 0.839. The highest BCUT2D eigenvalue weighted by Gasteiger charge is 2.10. The second-order valence-electron chi connectivity index (χ2n) is 2.19. The van der Waals surface area contributed by atoms with Crippen molar-refractivity contribution >= 4 is 0 Å². The van der Waals surface area contributed by atoms with Crippen LogP contribution >= 0.6 is 0 Å². The zero-order valence-electron chi connectivity index (χ0n) is 5.85. The minimum Gasteiger partial charge on any atom is -0.391 e. The maximum atomic E-state index is 12.7. The molecule has 0 saturated heterocycles. The summed E-state index contributed by atoms with van der Waals surface area (Å²) in [5, 5.41) is 8.55. The van der Waals surface area contributed by atoms with Gasteiger partial charge in [-0.25, -0.2) is 8.78 Å². The van der Waals surface area contributed by atoms with Gasteiger partial charge in [0.1, 0.15) is 11.7 Å². The lowest BCUT2D eigenvalue weighted by Gasteiger charge is -1.99. The van der Waals surface area contributed by atoms with E-state index in [4.69, 9.17) is 5.11 Å². The Bertz CT molecular complexity index is 238. The van der Waals surface area contributed by atoms with E-state index >= 15 is 0 Å². The molecule has 60 valence electrons. The SMILES string of the molecule is OCC1=C(F)CC=CC=C1F. The van der Waals surface area contributed by atoms with E-state index in [1.165, 1.54) is 12.2 Å². The van der Waals surface area contributed by atoms with Gasteiger partial charge in [-0.05, 0) is 6.08 Å². The summed E-state index contributed by atoms with van der Waals surface area (Å²) in [5.41, 5.74) is -0.241. The summed E-state index contributed by atoms with van der Waals surface area (Å²) in [6.45, 7) is -0.587. The van der Waals surface area contributed by atoms with Crippen LogP contribution in [0.3, 0.4) is 0 Å². The van der Waals surface area contributed by atoms with E-state index in [2.05, 4.69) is 0 Å². The topological polar surface area (TPSA) is 20.2 Å². The Kier molecular flexibility index (Phi) is 2.54. The highest BCUT2D eigenvalue weighted by atomic mass is 19.1. The van der Waals surface area contributed by atoms with Crippen LogP contribution in [-0.2, 0) is 0 Å². The molecule has 1 aliphatic carbocycles. The number of aliphatic hydroxyl groups excluding tert-OH is 1. The van der Waals surface area contributed by atoms with Crippen molar-refractivity contribution in [3.05, 3.63) is 35.5 Å². The summed E-state index contributed by atoms with van der Waals surface area (Å²) < 4.78 is 25.5. The van der Waals surface area contributed by atoms with Crippen LogP contribution in [0.25, 0.3) is 0 Å². The zero-order valence-corrected chi connectivity index (χ0v) is 5.85. The van der Waals surface area contributed by atoms with Crippen molar-refractivity contribution in [3.8, 4) is 0 Å². The first-order valence-corrected chi connectivity index (χ1v) is 3.26. The molecule has 3 heteroatoms. The normalized spacial score (nSPS) is 18.3. The van der Waals surface area contributed by atoms with Gasteiger partial charge in [-0.1, -0.05) is 12.2 Å². The van der Waals surface area contributed by atoms with Crippen molar-refractivity contribution in [1.29, 1.82) is 0 Å². The number of hydrogen-bond acceptors (Lipinski definition) is 1. The van der Waals surface area contributed by atoms with E-state index in [-0.39, 0.29) is 12.0 Å². The van der Waals surface area contributed by atoms with Gasteiger partial charge in [-0.15, -0.1) is 0 Å². The summed E-state index contributed by atoms with van der Waals surface area (Å²) >= 11 is 0. The molecule has 0 saturated carbocycles. The molecule has 0 heterocycles. The lowest BCUT2D eigenvalue weighted by Crippen LogP contribution is -1.93. The monoisotopic (exact) mass is 158 g/mol. The minimum atomic E-state index is -0.696. The van der Waals surface area contributed by atoms with Gasteiger partial charge < -0.3 is 5.11 Å². The van der Waals surface area contributed by atoms with Crippen LogP contribution in [0.2, 0.25) is 0 Å². The van der Waals surface area contributed by atoms with Crippen molar-refractivity contribution in [3.63, 3.8) is 0 Å². The van der Waals surface area contributed by atoms with Gasteiger partial charge in [0.2, 0.25) is 0 Å². The van der Waals surface area contributed by atoms with E-state index in [0.717, 1.165) is 6.08 Å². The maximum absolute atomic E-state index is 12.7. The Hall–Kier alpha value is -0.960. The molecule has 0 aromatic carbocycles. The van der Waals surface area contributed by atoms with Crippen LogP contribution in [-0.4, -0.2) is 11.7 Å². The summed E-state index contributed by atoms with van der Waals surface area (Å²) in [6.07, 6.45) is 4.12. The third-order valence-electron chi connectivity index (χ3n) is 1.45. The molecule has 0 spiro atoms. The fraction of sp³-hybridized carbons (Fsp3) is 0.250. The second kappa shape index (κ2) is 3.44. The Labute approximate surface area is 63.3 Å². The Morgan fingerprint density at radius 3 is 2.82 bits per heavy atom. The van der Waals surface area contributed by atoms with E-state index in [9.17, 15) is 8.78 Å². The molecule has 0 aromatic heterocycles. The van der Waals surface area contributed by atoms with Crippen LogP contribution in [0.4, 0.5) is 8.78 Å². The third kappa shape index (κ3) is 1.74. The van der Waals surface area contributed by atoms with E-state index < -0.39 is 18.3 Å². The second-order valence-corrected chi connectivity index (χ2v) is 2.19. The molecule has 1 N–H and O–H groups in total. The summed E-state index contributed by atoms with van der Waals surface area (Å²) in [6, 6.07) is 0. The summed E-state index contributed by atoms with van der Waals surface area (Å²) in [7, 11) is 0. The quantitative estimate of drug-likeness (QED) is 0.619. The molecule has 0 aliphatic heterocycles. The Balaban J connectivity index is 2.99. The van der Waals surface area contributed by atoms with Crippen LogP contribution in [0.15, 0.2) is 35.5 Å². The van der Waals surface area contributed by atoms with Gasteiger partial charge in [0.05, 0.1) is 6.61 Å². The lowest BCUT2D eigenvalue weighted by molar-refractivity contribution is 0.322. The maximum Gasteiger partial charge on any atom is 0.131 e. The van der Waals surface area contributed by atoms with Gasteiger partial charge in [0.15, 0.2) is 0 Å². The number of aliphatic hydroxyl groups is 1. The van der Waals surface area contributed by atoms with Gasteiger partial charge in [-0.2, -0.15) is 0 Å². The molecule has 0 radical (unpaired) electrons. The van der Waals surface area contributed by atoms with Crippen LogP contribution in [0, 0.1) is 0 Å². The Morgan fingerprint density at radius 1 is 1.45 bits per heavy atom. The first-order valence-electron chi connectivity index (χ1n) is 3.26. The van der Waals surface area contributed by atoms with Gasteiger partial charge >= 0.3 is 0 Å². The summed E-state index contributed by atoms with van der Waals surface area (Å²) in [5.74, 6) is -1.30. The molecule has 1 nitrogen and oxygen atoms in total.